The summed E-state index contributed by atoms with van der Waals surface area (Å²) in [5, 5.41) is 24.7. The first-order valence-electron chi connectivity index (χ1n) is 9.40. The van der Waals surface area contributed by atoms with Gasteiger partial charge in [-0.1, -0.05) is 18.2 Å². The van der Waals surface area contributed by atoms with Crippen molar-refractivity contribution < 1.29 is 24.5 Å². The highest BCUT2D eigenvalue weighted by Crippen LogP contribution is 2.31. The number of ether oxygens (including phenoxy) is 2. The van der Waals surface area contributed by atoms with Crippen molar-refractivity contribution in [1.29, 1.82) is 0 Å². The van der Waals surface area contributed by atoms with Gasteiger partial charge in [0.05, 0.1) is 25.8 Å². The summed E-state index contributed by atoms with van der Waals surface area (Å²) >= 11 is 0. The Morgan fingerprint density at radius 2 is 1.90 bits per heavy atom. The van der Waals surface area contributed by atoms with Crippen LogP contribution in [0.1, 0.15) is 34.6 Å². The highest BCUT2D eigenvalue weighted by molar-refractivity contribution is 5.98. The Bertz CT molecular complexity index is 981. The molecule has 2 unspecified atom stereocenters. The van der Waals surface area contributed by atoms with Gasteiger partial charge in [-0.05, 0) is 48.7 Å². The Morgan fingerprint density at radius 1 is 1.17 bits per heavy atom. The fourth-order valence-electron chi connectivity index (χ4n) is 3.35. The molecule has 0 aliphatic heterocycles. The van der Waals surface area contributed by atoms with Gasteiger partial charge in [0.25, 0.3) is 0 Å². The molecule has 0 bridgehead atoms. The lowest BCUT2D eigenvalue weighted by molar-refractivity contribution is 0.0595. The highest BCUT2D eigenvalue weighted by Gasteiger charge is 2.19. The number of methoxy groups -OCH3 is 2. The van der Waals surface area contributed by atoms with E-state index in [0.717, 1.165) is 12.2 Å². The van der Waals surface area contributed by atoms with Crippen LogP contribution in [0.4, 0.5) is 0 Å². The van der Waals surface area contributed by atoms with E-state index in [9.17, 15) is 15.0 Å². The topological polar surface area (TPSA) is 104 Å². The lowest BCUT2D eigenvalue weighted by Gasteiger charge is -2.18. The molecule has 1 heterocycles. The van der Waals surface area contributed by atoms with Gasteiger partial charge in [0, 0.05) is 18.0 Å². The molecule has 4 N–H and O–H groups in total. The summed E-state index contributed by atoms with van der Waals surface area (Å²) in [4.78, 5) is 14.6. The summed E-state index contributed by atoms with van der Waals surface area (Å²) in [5.74, 6) is 0.290. The molecule has 0 saturated heterocycles. The van der Waals surface area contributed by atoms with Crippen molar-refractivity contribution in [3.63, 3.8) is 0 Å². The van der Waals surface area contributed by atoms with Crippen molar-refractivity contribution >= 4 is 16.9 Å². The Morgan fingerprint density at radius 3 is 2.55 bits per heavy atom. The molecule has 0 spiro atoms. The molecule has 0 aliphatic rings. The Labute approximate surface area is 169 Å². The normalized spacial score (nSPS) is 13.2. The first-order chi connectivity index (χ1) is 13.9. The number of benzene rings is 2. The van der Waals surface area contributed by atoms with E-state index in [0.29, 0.717) is 23.0 Å². The number of aromatic hydroxyl groups is 1. The number of carbonyl (C=O) groups excluding carboxylic acids is 1. The smallest absolute Gasteiger partial charge is 0.354 e. The third-order valence-electron chi connectivity index (χ3n) is 4.93. The first kappa shape index (κ1) is 20.7. The molecule has 2 atom stereocenters. The van der Waals surface area contributed by atoms with Crippen LogP contribution in [0.25, 0.3) is 10.9 Å². The van der Waals surface area contributed by atoms with Crippen molar-refractivity contribution in [2.24, 2.45) is 0 Å². The fourth-order valence-corrected chi connectivity index (χ4v) is 3.35. The number of aliphatic hydroxyl groups is 1. The number of aliphatic hydroxyl groups excluding tert-OH is 1. The molecule has 3 aromatic rings. The van der Waals surface area contributed by atoms with E-state index in [1.807, 2.05) is 24.3 Å². The van der Waals surface area contributed by atoms with Crippen LogP contribution in [0.3, 0.4) is 0 Å². The Hall–Kier alpha value is -3.03. The van der Waals surface area contributed by atoms with E-state index in [1.54, 1.807) is 19.2 Å². The number of carbonyl (C=O) groups is 1. The monoisotopic (exact) mass is 398 g/mol. The molecule has 0 fully saturated rings. The molecule has 7 heteroatoms. The number of fused-ring (bicyclic) bond motifs is 1. The SMILES string of the molecule is COC(=O)c1cc2c(C(O)CNC(C)Cc3ccc(OC)cc3)ccc(O)c2[nH]1. The Balaban J connectivity index is 1.68. The largest absolute Gasteiger partial charge is 0.506 e. The molecule has 3 rings (SSSR count). The third-order valence-corrected chi connectivity index (χ3v) is 4.93. The number of H-pyrrole nitrogens is 1. The summed E-state index contributed by atoms with van der Waals surface area (Å²) in [5.41, 5.74) is 2.40. The van der Waals surface area contributed by atoms with Crippen molar-refractivity contribution in [3.8, 4) is 11.5 Å². The molecule has 154 valence electrons. The number of phenolic OH excluding ortho intramolecular Hbond substituents is 1. The second-order valence-corrected chi connectivity index (χ2v) is 7.01. The van der Waals surface area contributed by atoms with Crippen LogP contribution >= 0.6 is 0 Å². The zero-order chi connectivity index (χ0) is 21.0. The summed E-state index contributed by atoms with van der Waals surface area (Å²) in [6, 6.07) is 12.8. The molecule has 2 aromatic carbocycles. The number of esters is 1. The van der Waals surface area contributed by atoms with Crippen LogP contribution in [-0.4, -0.2) is 48.0 Å². The second kappa shape index (κ2) is 8.98. The molecule has 29 heavy (non-hydrogen) atoms. The maximum Gasteiger partial charge on any atom is 0.354 e. The molecule has 0 aliphatic carbocycles. The molecule has 1 aromatic heterocycles. The van der Waals surface area contributed by atoms with Gasteiger partial charge in [-0.25, -0.2) is 4.79 Å². The average Bonchev–Trinajstić information content (AvgIpc) is 3.18. The van der Waals surface area contributed by atoms with Gasteiger partial charge in [0.1, 0.15) is 17.2 Å². The summed E-state index contributed by atoms with van der Waals surface area (Å²) in [6.07, 6.45) is -0.00376. The predicted octanol–water partition coefficient (Wildman–Crippen LogP) is 2.92. The molecule has 7 nitrogen and oxygen atoms in total. The van der Waals surface area contributed by atoms with Crippen LogP contribution in [0.2, 0.25) is 0 Å². The second-order valence-electron chi connectivity index (χ2n) is 7.01. The van der Waals surface area contributed by atoms with E-state index in [2.05, 4.69) is 17.2 Å². The fraction of sp³-hybridized carbons (Fsp3) is 0.318. The van der Waals surface area contributed by atoms with Crippen molar-refractivity contribution in [2.75, 3.05) is 20.8 Å². The lowest BCUT2D eigenvalue weighted by atomic mass is 10.0. The number of phenols is 1. The van der Waals surface area contributed by atoms with Crippen LogP contribution in [0, 0.1) is 0 Å². The highest BCUT2D eigenvalue weighted by atomic mass is 16.5. The van der Waals surface area contributed by atoms with Gasteiger partial charge < -0.3 is 30.0 Å². The van der Waals surface area contributed by atoms with Gasteiger partial charge in [0.2, 0.25) is 0 Å². The van der Waals surface area contributed by atoms with Gasteiger partial charge in [-0.15, -0.1) is 0 Å². The summed E-state index contributed by atoms with van der Waals surface area (Å²) in [7, 11) is 2.93. The average molecular weight is 398 g/mol. The molecule has 0 radical (unpaired) electrons. The summed E-state index contributed by atoms with van der Waals surface area (Å²) < 4.78 is 9.89. The molecular formula is C22H26N2O5. The Kier molecular flexibility index (Phi) is 6.41. The van der Waals surface area contributed by atoms with Gasteiger partial charge in [0.15, 0.2) is 0 Å². The quantitative estimate of drug-likeness (QED) is 0.435. The van der Waals surface area contributed by atoms with Gasteiger partial charge in [-0.3, -0.25) is 0 Å². The zero-order valence-electron chi connectivity index (χ0n) is 16.7. The molecule has 0 amide bonds. The van der Waals surface area contributed by atoms with E-state index < -0.39 is 12.1 Å². The predicted molar refractivity (Wildman–Crippen MR) is 110 cm³/mol. The first-order valence-corrected chi connectivity index (χ1v) is 9.40. The minimum atomic E-state index is -0.808. The van der Waals surface area contributed by atoms with Crippen molar-refractivity contribution in [3.05, 3.63) is 59.3 Å². The van der Waals surface area contributed by atoms with Crippen molar-refractivity contribution in [1.82, 2.24) is 10.3 Å². The molecular weight excluding hydrogens is 372 g/mol. The van der Waals surface area contributed by atoms with Gasteiger partial charge >= 0.3 is 5.97 Å². The van der Waals surface area contributed by atoms with Crippen LogP contribution in [-0.2, 0) is 11.2 Å². The number of aromatic amines is 1. The van der Waals surface area contributed by atoms with Crippen LogP contribution < -0.4 is 10.1 Å². The van der Waals surface area contributed by atoms with Crippen LogP contribution in [0.5, 0.6) is 11.5 Å². The maximum atomic E-state index is 11.8. The van der Waals surface area contributed by atoms with E-state index in [-0.39, 0.29) is 17.5 Å². The van der Waals surface area contributed by atoms with Gasteiger partial charge in [-0.2, -0.15) is 0 Å². The number of rotatable bonds is 8. The van der Waals surface area contributed by atoms with Crippen LogP contribution in [0.15, 0.2) is 42.5 Å². The number of aromatic nitrogens is 1. The lowest BCUT2D eigenvalue weighted by Crippen LogP contribution is -2.32. The minimum absolute atomic E-state index is 0.00642. The zero-order valence-corrected chi connectivity index (χ0v) is 16.7. The third kappa shape index (κ3) is 4.70. The van der Waals surface area contributed by atoms with Crippen molar-refractivity contribution in [2.45, 2.75) is 25.5 Å². The summed E-state index contributed by atoms with van der Waals surface area (Å²) in [6.45, 7) is 2.38. The maximum absolute atomic E-state index is 11.8. The minimum Gasteiger partial charge on any atom is -0.506 e. The number of nitrogens with one attached hydrogen (secondary N) is 2. The van der Waals surface area contributed by atoms with E-state index in [4.69, 9.17) is 9.47 Å². The van der Waals surface area contributed by atoms with E-state index >= 15 is 0 Å². The van der Waals surface area contributed by atoms with E-state index in [1.165, 1.54) is 18.7 Å². The number of hydrogen-bond acceptors (Lipinski definition) is 6. The standard InChI is InChI=1S/C22H26N2O5/c1-13(10-14-4-6-15(28-2)7-5-14)23-12-20(26)16-8-9-19(25)21-17(16)11-18(24-21)22(27)29-3/h4-9,11,13,20,23-26H,10,12H2,1-3H3. The molecule has 0 saturated carbocycles. The number of hydrogen-bond donors (Lipinski definition) is 4.